The molecule has 0 fully saturated rings. The van der Waals surface area contributed by atoms with Crippen molar-refractivity contribution in [3.8, 4) is 0 Å². The van der Waals surface area contributed by atoms with Gasteiger partial charge in [0.1, 0.15) is 0 Å². The third kappa shape index (κ3) is 2.31. The Morgan fingerprint density at radius 3 is 2.50 bits per heavy atom. The SMILES string of the molecule is Cc1c(C(=O)Nc2ccc(Cl)cc2)[n+]([O-])cn1C. The number of hydrogen-bond acceptors (Lipinski definition) is 2. The lowest BCUT2D eigenvalue weighted by Crippen LogP contribution is -2.34. The third-order valence-electron chi connectivity index (χ3n) is 2.69. The molecule has 1 amide bonds. The number of anilines is 1. The van der Waals surface area contributed by atoms with E-state index in [1.54, 1.807) is 42.8 Å². The van der Waals surface area contributed by atoms with Crippen molar-refractivity contribution in [1.29, 1.82) is 0 Å². The Hall–Kier alpha value is -2.01. The van der Waals surface area contributed by atoms with Crippen molar-refractivity contribution in [3.63, 3.8) is 0 Å². The number of amides is 1. The van der Waals surface area contributed by atoms with Gasteiger partial charge in [0.15, 0.2) is 5.69 Å². The van der Waals surface area contributed by atoms with Crippen LogP contribution in [-0.2, 0) is 7.05 Å². The van der Waals surface area contributed by atoms with E-state index in [2.05, 4.69) is 5.32 Å². The summed E-state index contributed by atoms with van der Waals surface area (Å²) in [6.07, 6.45) is 1.31. The molecule has 0 radical (unpaired) electrons. The lowest BCUT2D eigenvalue weighted by atomic mass is 10.3. The van der Waals surface area contributed by atoms with E-state index >= 15 is 0 Å². The number of carbonyl (C=O) groups is 1. The van der Waals surface area contributed by atoms with E-state index in [0.717, 1.165) is 0 Å². The maximum atomic E-state index is 12.0. The van der Waals surface area contributed by atoms with Crippen LogP contribution >= 0.6 is 11.6 Å². The quantitative estimate of drug-likeness (QED) is 0.666. The molecule has 94 valence electrons. The van der Waals surface area contributed by atoms with Gasteiger partial charge in [-0.25, -0.2) is 9.30 Å². The van der Waals surface area contributed by atoms with Gasteiger partial charge in [0.2, 0.25) is 12.0 Å². The number of aromatic nitrogens is 2. The van der Waals surface area contributed by atoms with E-state index in [1.165, 1.54) is 6.33 Å². The standard InChI is InChI=1S/C12H12ClN3O2/c1-8-11(16(18)7-15(8)2)12(17)14-10-5-3-9(13)4-6-10/h3-7H,1-2H3,(H,14,17). The minimum Gasteiger partial charge on any atom is -0.710 e. The fourth-order valence-corrected chi connectivity index (χ4v) is 1.74. The topological polar surface area (TPSA) is 61.0 Å². The Morgan fingerprint density at radius 1 is 1.39 bits per heavy atom. The molecular formula is C12H12ClN3O2. The minimum absolute atomic E-state index is 0.0902. The molecule has 0 bridgehead atoms. The Balaban J connectivity index is 2.24. The molecule has 1 aromatic heterocycles. The maximum Gasteiger partial charge on any atom is 0.300 e. The monoisotopic (exact) mass is 265 g/mol. The third-order valence-corrected chi connectivity index (χ3v) is 2.94. The van der Waals surface area contributed by atoms with Crippen LogP contribution in [-0.4, -0.2) is 10.5 Å². The molecule has 0 atom stereocenters. The van der Waals surface area contributed by atoms with Crippen molar-refractivity contribution in [2.24, 2.45) is 7.05 Å². The zero-order valence-electron chi connectivity index (χ0n) is 9.98. The van der Waals surface area contributed by atoms with Crippen LogP contribution in [0, 0.1) is 12.1 Å². The number of carbonyl (C=O) groups excluding carboxylic acids is 1. The van der Waals surface area contributed by atoms with Gasteiger partial charge in [0, 0.05) is 17.6 Å². The van der Waals surface area contributed by atoms with Crippen LogP contribution in [0.15, 0.2) is 30.6 Å². The summed E-state index contributed by atoms with van der Waals surface area (Å²) < 4.78 is 2.16. The molecule has 0 aliphatic carbocycles. The molecular weight excluding hydrogens is 254 g/mol. The normalized spacial score (nSPS) is 10.4. The average Bonchev–Trinajstić information content (AvgIpc) is 2.56. The van der Waals surface area contributed by atoms with Crippen molar-refractivity contribution >= 4 is 23.2 Å². The van der Waals surface area contributed by atoms with Crippen molar-refractivity contribution in [3.05, 3.63) is 52.2 Å². The van der Waals surface area contributed by atoms with Gasteiger partial charge < -0.3 is 10.5 Å². The highest BCUT2D eigenvalue weighted by atomic mass is 35.5. The van der Waals surface area contributed by atoms with E-state index in [0.29, 0.717) is 21.1 Å². The summed E-state index contributed by atoms with van der Waals surface area (Å²) in [7, 11) is 1.71. The van der Waals surface area contributed by atoms with E-state index in [-0.39, 0.29) is 5.69 Å². The van der Waals surface area contributed by atoms with E-state index < -0.39 is 5.91 Å². The molecule has 1 aromatic carbocycles. The van der Waals surface area contributed by atoms with Gasteiger partial charge in [0.25, 0.3) is 5.91 Å². The largest absolute Gasteiger partial charge is 0.710 e. The molecule has 0 aliphatic rings. The number of imidazole rings is 1. The van der Waals surface area contributed by atoms with Crippen LogP contribution in [0.2, 0.25) is 5.02 Å². The zero-order valence-corrected chi connectivity index (χ0v) is 10.7. The van der Waals surface area contributed by atoms with Gasteiger partial charge in [-0.15, -0.1) is 0 Å². The molecule has 0 unspecified atom stereocenters. The van der Waals surface area contributed by atoms with Crippen molar-refractivity contribution in [2.45, 2.75) is 6.92 Å². The Bertz CT molecular complexity index is 590. The lowest BCUT2D eigenvalue weighted by molar-refractivity contribution is -0.607. The molecule has 0 saturated heterocycles. The summed E-state index contributed by atoms with van der Waals surface area (Å²) >= 11 is 5.75. The molecule has 5 nitrogen and oxygen atoms in total. The van der Waals surface area contributed by atoms with Gasteiger partial charge in [-0.3, -0.25) is 4.79 Å². The van der Waals surface area contributed by atoms with Crippen LogP contribution in [0.1, 0.15) is 16.2 Å². The Labute approximate surface area is 109 Å². The molecule has 0 aliphatic heterocycles. The van der Waals surface area contributed by atoms with Gasteiger partial charge in [-0.2, -0.15) is 0 Å². The molecule has 1 N–H and O–H groups in total. The molecule has 0 spiro atoms. The molecule has 2 aromatic rings. The summed E-state index contributed by atoms with van der Waals surface area (Å²) in [5.41, 5.74) is 1.29. The van der Waals surface area contributed by atoms with E-state index in [4.69, 9.17) is 11.6 Å². The number of nitrogens with one attached hydrogen (secondary N) is 1. The number of benzene rings is 1. The predicted octanol–water partition coefficient (Wildman–Crippen LogP) is 1.87. The summed E-state index contributed by atoms with van der Waals surface area (Å²) in [6.45, 7) is 1.71. The first-order valence-corrected chi connectivity index (χ1v) is 5.69. The number of rotatable bonds is 2. The maximum absolute atomic E-state index is 12.0. The second-order valence-corrected chi connectivity index (χ2v) is 4.38. The van der Waals surface area contributed by atoms with Gasteiger partial charge in [-0.05, 0) is 24.3 Å². The Kier molecular flexibility index (Phi) is 3.25. The zero-order chi connectivity index (χ0) is 13.3. The van der Waals surface area contributed by atoms with Crippen LogP contribution in [0.5, 0.6) is 0 Å². The predicted molar refractivity (Wildman–Crippen MR) is 68.5 cm³/mol. The first kappa shape index (κ1) is 12.4. The first-order chi connectivity index (χ1) is 8.49. The second-order valence-electron chi connectivity index (χ2n) is 3.95. The van der Waals surface area contributed by atoms with Crippen LogP contribution in [0.25, 0.3) is 0 Å². The smallest absolute Gasteiger partial charge is 0.300 e. The molecule has 18 heavy (non-hydrogen) atoms. The number of aryl methyl sites for hydroxylation is 1. The van der Waals surface area contributed by atoms with Crippen molar-refractivity contribution < 1.29 is 9.52 Å². The van der Waals surface area contributed by atoms with Crippen LogP contribution < -0.4 is 10.0 Å². The minimum atomic E-state index is -0.439. The second kappa shape index (κ2) is 4.70. The van der Waals surface area contributed by atoms with Crippen molar-refractivity contribution in [2.75, 3.05) is 5.32 Å². The number of nitrogens with zero attached hydrogens (tertiary/aromatic N) is 2. The Morgan fingerprint density at radius 2 is 2.00 bits per heavy atom. The summed E-state index contributed by atoms with van der Waals surface area (Å²) in [5.74, 6) is -0.439. The number of hydrogen-bond donors (Lipinski definition) is 1. The van der Waals surface area contributed by atoms with Gasteiger partial charge >= 0.3 is 0 Å². The molecule has 6 heteroatoms. The first-order valence-electron chi connectivity index (χ1n) is 5.31. The van der Waals surface area contributed by atoms with E-state index in [1.807, 2.05) is 0 Å². The molecule has 0 saturated carbocycles. The number of halogens is 1. The van der Waals surface area contributed by atoms with E-state index in [9.17, 15) is 10.0 Å². The average molecular weight is 266 g/mol. The molecule has 2 rings (SSSR count). The van der Waals surface area contributed by atoms with Crippen LogP contribution in [0.3, 0.4) is 0 Å². The van der Waals surface area contributed by atoms with Gasteiger partial charge in [-0.1, -0.05) is 11.6 Å². The van der Waals surface area contributed by atoms with Gasteiger partial charge in [0.05, 0.1) is 7.05 Å². The van der Waals surface area contributed by atoms with Crippen molar-refractivity contribution in [1.82, 2.24) is 4.57 Å². The summed E-state index contributed by atoms with van der Waals surface area (Å²) in [5, 5.41) is 14.8. The highest BCUT2D eigenvalue weighted by Crippen LogP contribution is 2.14. The fraction of sp³-hybridized carbons (Fsp3) is 0.167. The molecule has 1 heterocycles. The summed E-state index contributed by atoms with van der Waals surface area (Å²) in [4.78, 5) is 12.0. The summed E-state index contributed by atoms with van der Waals surface area (Å²) in [6, 6.07) is 6.68. The highest BCUT2D eigenvalue weighted by molar-refractivity contribution is 6.30. The highest BCUT2D eigenvalue weighted by Gasteiger charge is 2.21. The fourth-order valence-electron chi connectivity index (χ4n) is 1.62. The van der Waals surface area contributed by atoms with Crippen LogP contribution in [0.4, 0.5) is 5.69 Å². The lowest BCUT2D eigenvalue weighted by Gasteiger charge is -2.05.